The molecule has 1 aromatic heterocycles. The molecule has 1 N–H and O–H groups in total. The minimum absolute atomic E-state index is 0.0580. The number of nitrogens with one attached hydrogen (secondary N) is 1. The van der Waals surface area contributed by atoms with E-state index in [1.807, 2.05) is 0 Å². The first-order valence-electron chi connectivity index (χ1n) is 7.73. The fraction of sp³-hybridized carbons (Fsp3) is 0.444. The molecule has 0 amide bonds. The van der Waals surface area contributed by atoms with E-state index >= 15 is 0 Å². The zero-order chi connectivity index (χ0) is 14.7. The van der Waals surface area contributed by atoms with Gasteiger partial charge >= 0.3 is 0 Å². The highest BCUT2D eigenvalue weighted by molar-refractivity contribution is 7.07. The topological polar surface area (TPSA) is 15.3 Å². The van der Waals surface area contributed by atoms with Crippen LogP contribution in [0.15, 0.2) is 47.2 Å². The summed E-state index contributed by atoms with van der Waals surface area (Å²) >= 11 is 1.79. The third kappa shape index (κ3) is 3.37. The van der Waals surface area contributed by atoms with Gasteiger partial charge in [-0.1, -0.05) is 30.3 Å². The average molecular weight is 300 g/mol. The van der Waals surface area contributed by atoms with Gasteiger partial charge in [0, 0.05) is 25.7 Å². The fourth-order valence-electron chi connectivity index (χ4n) is 3.13. The van der Waals surface area contributed by atoms with Gasteiger partial charge in [-0.25, -0.2) is 0 Å². The Morgan fingerprint density at radius 2 is 2.10 bits per heavy atom. The maximum atomic E-state index is 3.75. The van der Waals surface area contributed by atoms with Gasteiger partial charge < -0.3 is 5.32 Å². The second kappa shape index (κ2) is 6.30. The molecule has 1 saturated heterocycles. The Bertz CT molecular complexity index is 552. The molecule has 2 unspecified atom stereocenters. The number of nitrogens with zero attached hydrogens (tertiary/aromatic N) is 1. The van der Waals surface area contributed by atoms with Crippen LogP contribution in [0.2, 0.25) is 0 Å². The molecule has 2 atom stereocenters. The molecule has 3 rings (SSSR count). The van der Waals surface area contributed by atoms with Crippen molar-refractivity contribution in [3.8, 4) is 0 Å². The number of piperazine rings is 1. The van der Waals surface area contributed by atoms with Gasteiger partial charge in [-0.05, 0) is 48.2 Å². The quantitative estimate of drug-likeness (QED) is 0.929. The first-order valence-corrected chi connectivity index (χ1v) is 8.67. The Morgan fingerprint density at radius 1 is 1.29 bits per heavy atom. The molecule has 1 fully saturated rings. The molecule has 0 spiro atoms. The van der Waals surface area contributed by atoms with Crippen molar-refractivity contribution in [1.82, 2.24) is 10.2 Å². The lowest BCUT2D eigenvalue weighted by Crippen LogP contribution is -2.60. The Morgan fingerprint density at radius 3 is 2.81 bits per heavy atom. The van der Waals surface area contributed by atoms with Crippen LogP contribution in [-0.2, 0) is 12.0 Å². The summed E-state index contributed by atoms with van der Waals surface area (Å²) in [5.41, 5.74) is 2.91. The van der Waals surface area contributed by atoms with E-state index in [9.17, 15) is 0 Å². The third-order valence-corrected chi connectivity index (χ3v) is 5.34. The number of hydrogen-bond donors (Lipinski definition) is 1. The zero-order valence-corrected chi connectivity index (χ0v) is 13.7. The van der Waals surface area contributed by atoms with Gasteiger partial charge in [0.25, 0.3) is 0 Å². The minimum Gasteiger partial charge on any atom is -0.305 e. The van der Waals surface area contributed by atoms with Crippen molar-refractivity contribution in [2.45, 2.75) is 31.8 Å². The van der Waals surface area contributed by atoms with E-state index < -0.39 is 0 Å². The third-order valence-electron chi connectivity index (χ3n) is 4.61. The van der Waals surface area contributed by atoms with Gasteiger partial charge in [-0.15, -0.1) is 0 Å². The minimum atomic E-state index is 0.0580. The van der Waals surface area contributed by atoms with Crippen molar-refractivity contribution >= 4 is 11.3 Å². The number of rotatable bonds is 4. The van der Waals surface area contributed by atoms with E-state index in [4.69, 9.17) is 0 Å². The summed E-state index contributed by atoms with van der Waals surface area (Å²) in [4.78, 5) is 2.63. The predicted octanol–water partition coefficient (Wildman–Crippen LogP) is 3.50. The molecule has 21 heavy (non-hydrogen) atoms. The standard InChI is InChI=1S/C18H24N2S/c1-15-12-19-18(2,17-6-4-3-5-7-17)14-20(15)10-8-16-9-11-21-13-16/h3-7,9,11,13,15,19H,8,10,12,14H2,1-2H3. The van der Waals surface area contributed by atoms with Crippen LogP contribution in [0.4, 0.5) is 0 Å². The second-order valence-corrected chi connectivity index (χ2v) is 7.06. The first-order chi connectivity index (χ1) is 10.2. The molecule has 2 nitrogen and oxygen atoms in total. The highest BCUT2D eigenvalue weighted by Gasteiger charge is 2.34. The summed E-state index contributed by atoms with van der Waals surface area (Å²) in [7, 11) is 0. The first kappa shape index (κ1) is 14.8. The Labute approximate surface area is 131 Å². The molecule has 1 aliphatic rings. The lowest BCUT2D eigenvalue weighted by atomic mass is 9.88. The SMILES string of the molecule is CC1CNC(C)(c2ccccc2)CN1CCc1ccsc1. The molecule has 1 aromatic carbocycles. The van der Waals surface area contributed by atoms with Crippen molar-refractivity contribution in [2.75, 3.05) is 19.6 Å². The normalized spacial score (nSPS) is 26.9. The van der Waals surface area contributed by atoms with Crippen LogP contribution < -0.4 is 5.32 Å². The largest absolute Gasteiger partial charge is 0.305 e. The van der Waals surface area contributed by atoms with Gasteiger partial charge in [-0.2, -0.15) is 11.3 Å². The van der Waals surface area contributed by atoms with Crippen LogP contribution in [0, 0.1) is 0 Å². The molecule has 2 heterocycles. The van der Waals surface area contributed by atoms with E-state index in [2.05, 4.69) is 71.2 Å². The molecule has 1 aliphatic heterocycles. The van der Waals surface area contributed by atoms with Crippen LogP contribution >= 0.6 is 11.3 Å². The maximum absolute atomic E-state index is 3.75. The van der Waals surface area contributed by atoms with Gasteiger partial charge in [-0.3, -0.25) is 4.90 Å². The van der Waals surface area contributed by atoms with Gasteiger partial charge in [0.15, 0.2) is 0 Å². The highest BCUT2D eigenvalue weighted by atomic mass is 32.1. The van der Waals surface area contributed by atoms with E-state index in [1.165, 1.54) is 11.1 Å². The summed E-state index contributed by atoms with van der Waals surface area (Å²) in [6.07, 6.45) is 1.15. The summed E-state index contributed by atoms with van der Waals surface area (Å²) in [6.45, 7) is 7.91. The summed E-state index contributed by atoms with van der Waals surface area (Å²) in [5, 5.41) is 8.18. The smallest absolute Gasteiger partial charge is 0.0535 e. The van der Waals surface area contributed by atoms with Crippen LogP contribution in [0.1, 0.15) is 25.0 Å². The molecule has 0 aliphatic carbocycles. The summed E-state index contributed by atoms with van der Waals surface area (Å²) in [6, 6.07) is 13.7. The Hall–Kier alpha value is -1.16. The van der Waals surface area contributed by atoms with Crippen molar-refractivity contribution in [3.05, 3.63) is 58.3 Å². The monoisotopic (exact) mass is 300 g/mol. The van der Waals surface area contributed by atoms with Gasteiger partial charge in [0.2, 0.25) is 0 Å². The van der Waals surface area contributed by atoms with Gasteiger partial charge in [0.1, 0.15) is 0 Å². The van der Waals surface area contributed by atoms with Crippen molar-refractivity contribution in [2.24, 2.45) is 0 Å². The predicted molar refractivity (Wildman–Crippen MR) is 90.9 cm³/mol. The van der Waals surface area contributed by atoms with Gasteiger partial charge in [0.05, 0.1) is 5.54 Å². The molecule has 0 saturated carbocycles. The lowest BCUT2D eigenvalue weighted by Gasteiger charge is -2.45. The van der Waals surface area contributed by atoms with Crippen molar-refractivity contribution in [1.29, 1.82) is 0 Å². The lowest BCUT2D eigenvalue weighted by molar-refractivity contribution is 0.0958. The van der Waals surface area contributed by atoms with Crippen LogP contribution in [-0.4, -0.2) is 30.6 Å². The number of benzene rings is 1. The molecule has 0 radical (unpaired) electrons. The molecule has 112 valence electrons. The number of thiophene rings is 1. The maximum Gasteiger partial charge on any atom is 0.0535 e. The van der Waals surface area contributed by atoms with E-state index in [0.717, 1.165) is 26.1 Å². The Kier molecular flexibility index (Phi) is 4.43. The van der Waals surface area contributed by atoms with Crippen LogP contribution in [0.25, 0.3) is 0 Å². The van der Waals surface area contributed by atoms with Crippen molar-refractivity contribution in [3.63, 3.8) is 0 Å². The Balaban J connectivity index is 1.69. The molecular weight excluding hydrogens is 276 g/mol. The fourth-order valence-corrected chi connectivity index (χ4v) is 3.83. The molecule has 3 heteroatoms. The summed E-state index contributed by atoms with van der Waals surface area (Å²) < 4.78 is 0. The summed E-state index contributed by atoms with van der Waals surface area (Å²) in [5.74, 6) is 0. The molecule has 2 aromatic rings. The van der Waals surface area contributed by atoms with E-state index in [0.29, 0.717) is 6.04 Å². The van der Waals surface area contributed by atoms with Crippen LogP contribution in [0.3, 0.4) is 0 Å². The average Bonchev–Trinajstić information content (AvgIpc) is 3.03. The number of hydrogen-bond acceptors (Lipinski definition) is 3. The van der Waals surface area contributed by atoms with E-state index in [-0.39, 0.29) is 5.54 Å². The van der Waals surface area contributed by atoms with Crippen molar-refractivity contribution < 1.29 is 0 Å². The molecular formula is C18H24N2S. The zero-order valence-electron chi connectivity index (χ0n) is 12.9. The highest BCUT2D eigenvalue weighted by Crippen LogP contribution is 2.26. The van der Waals surface area contributed by atoms with Crippen LogP contribution in [0.5, 0.6) is 0 Å². The van der Waals surface area contributed by atoms with E-state index in [1.54, 1.807) is 11.3 Å². The second-order valence-electron chi connectivity index (χ2n) is 6.28. The molecule has 0 bridgehead atoms.